The van der Waals surface area contributed by atoms with Crippen LogP contribution in [0, 0.1) is 0 Å². The van der Waals surface area contributed by atoms with Gasteiger partial charge in [0.15, 0.2) is 0 Å². The Kier molecular flexibility index (Phi) is 4.47. The molecule has 0 aromatic rings. The van der Waals surface area contributed by atoms with Gasteiger partial charge in [0.1, 0.15) is 0 Å². The second-order valence-corrected chi connectivity index (χ2v) is 1.72. The van der Waals surface area contributed by atoms with Crippen LogP contribution < -0.4 is 0 Å². The van der Waals surface area contributed by atoms with Crippen molar-refractivity contribution in [3.63, 3.8) is 0 Å². The molecule has 60 valence electrons. The molecular weight excluding hydrogens is 148 g/mol. The zero-order valence-corrected chi connectivity index (χ0v) is 5.73. The maximum absolute atomic E-state index is 9.90. The molecule has 0 aromatic heterocycles. The molecule has 0 spiro atoms. The van der Waals surface area contributed by atoms with Gasteiger partial charge in [0.05, 0.1) is 6.42 Å². The van der Waals surface area contributed by atoms with Crippen molar-refractivity contribution in [1.82, 2.24) is 0 Å². The lowest BCUT2D eigenvalue weighted by atomic mass is 10.3. The fourth-order valence-corrected chi connectivity index (χ4v) is 0.385. The van der Waals surface area contributed by atoms with E-state index in [1.54, 1.807) is 0 Å². The van der Waals surface area contributed by atoms with E-state index in [9.17, 15) is 9.59 Å². The summed E-state index contributed by atoms with van der Waals surface area (Å²) in [5.74, 6) is -1.99. The summed E-state index contributed by atoms with van der Waals surface area (Å²) in [7, 11) is 0. The van der Waals surface area contributed by atoms with Crippen molar-refractivity contribution in [2.45, 2.75) is 6.42 Å². The first-order valence-electron chi connectivity index (χ1n) is 2.91. The first-order valence-corrected chi connectivity index (χ1v) is 2.91. The van der Waals surface area contributed by atoms with Crippen LogP contribution >= 0.6 is 0 Å². The van der Waals surface area contributed by atoms with E-state index in [-0.39, 0.29) is 6.42 Å². The predicted molar refractivity (Wildman–Crippen MR) is 38.2 cm³/mol. The average molecular weight is 156 g/mol. The number of rotatable bonds is 4. The van der Waals surface area contributed by atoms with E-state index in [0.717, 1.165) is 6.08 Å². The molecule has 11 heavy (non-hydrogen) atoms. The van der Waals surface area contributed by atoms with E-state index in [0.29, 0.717) is 0 Å². The molecule has 0 amide bonds. The molecule has 2 N–H and O–H groups in total. The minimum Gasteiger partial charge on any atom is -0.481 e. The Morgan fingerprint density at radius 3 is 2.27 bits per heavy atom. The van der Waals surface area contributed by atoms with Gasteiger partial charge >= 0.3 is 11.9 Å². The highest BCUT2D eigenvalue weighted by Crippen LogP contribution is 1.83. The maximum atomic E-state index is 9.90. The van der Waals surface area contributed by atoms with Crippen molar-refractivity contribution in [2.24, 2.45) is 0 Å². The molecule has 0 saturated carbocycles. The van der Waals surface area contributed by atoms with Crippen LogP contribution in [0.4, 0.5) is 0 Å². The van der Waals surface area contributed by atoms with E-state index in [1.807, 2.05) is 0 Å². The highest BCUT2D eigenvalue weighted by molar-refractivity contribution is 5.80. The number of aliphatic carboxylic acids is 2. The normalized spacial score (nSPS) is 10.9. The van der Waals surface area contributed by atoms with Crippen LogP contribution in [0.1, 0.15) is 6.42 Å². The maximum Gasteiger partial charge on any atom is 0.328 e. The third-order valence-corrected chi connectivity index (χ3v) is 0.778. The van der Waals surface area contributed by atoms with Crippen LogP contribution in [0.25, 0.3) is 0 Å². The summed E-state index contributed by atoms with van der Waals surface area (Å²) in [5, 5.41) is 16.2. The van der Waals surface area contributed by atoms with E-state index in [1.165, 1.54) is 18.2 Å². The van der Waals surface area contributed by atoms with Crippen LogP contribution in [-0.2, 0) is 9.59 Å². The monoisotopic (exact) mass is 156 g/mol. The average Bonchev–Trinajstić information content (AvgIpc) is 1.85. The van der Waals surface area contributed by atoms with Crippen LogP contribution in [0.15, 0.2) is 24.3 Å². The van der Waals surface area contributed by atoms with Crippen molar-refractivity contribution in [3.05, 3.63) is 24.3 Å². The van der Waals surface area contributed by atoms with Gasteiger partial charge in [-0.15, -0.1) is 0 Å². The molecule has 0 rings (SSSR count). The standard InChI is InChI=1S/C7H8O4/c8-6(9)4-2-1-3-5-7(10)11/h1-4H,5H2,(H,8,9)(H,10,11). The number of hydrogen-bond acceptors (Lipinski definition) is 2. The minimum atomic E-state index is -1.05. The molecule has 0 saturated heterocycles. The summed E-state index contributed by atoms with van der Waals surface area (Å²) in [4.78, 5) is 19.8. The lowest BCUT2D eigenvalue weighted by Crippen LogP contribution is -1.89. The predicted octanol–water partition coefficient (Wildman–Crippen LogP) is 0.658. The molecule has 0 fully saturated rings. The highest BCUT2D eigenvalue weighted by Gasteiger charge is 1.87. The van der Waals surface area contributed by atoms with Gasteiger partial charge in [0, 0.05) is 6.08 Å². The zero-order valence-electron chi connectivity index (χ0n) is 5.73. The molecular formula is C7H8O4. The molecule has 0 heterocycles. The first kappa shape index (κ1) is 9.42. The second-order valence-electron chi connectivity index (χ2n) is 1.72. The van der Waals surface area contributed by atoms with E-state index >= 15 is 0 Å². The first-order chi connectivity index (χ1) is 5.13. The van der Waals surface area contributed by atoms with Crippen molar-refractivity contribution in [2.75, 3.05) is 0 Å². The number of carboxylic acid groups (broad SMARTS) is 2. The fraction of sp³-hybridized carbons (Fsp3) is 0.143. The molecule has 0 atom stereocenters. The summed E-state index contributed by atoms with van der Waals surface area (Å²) in [6, 6.07) is 0. The summed E-state index contributed by atoms with van der Waals surface area (Å²) in [6.45, 7) is 0. The van der Waals surface area contributed by atoms with Gasteiger partial charge in [-0.1, -0.05) is 18.2 Å². The quantitative estimate of drug-likeness (QED) is 0.463. The van der Waals surface area contributed by atoms with Gasteiger partial charge in [-0.25, -0.2) is 4.79 Å². The second kappa shape index (κ2) is 5.22. The van der Waals surface area contributed by atoms with E-state index in [2.05, 4.69) is 0 Å². The van der Waals surface area contributed by atoms with Gasteiger partial charge in [-0.3, -0.25) is 4.79 Å². The minimum absolute atomic E-state index is 0.0933. The lowest BCUT2D eigenvalue weighted by Gasteiger charge is -1.79. The molecule has 0 aliphatic rings. The van der Waals surface area contributed by atoms with Crippen LogP contribution in [0.3, 0.4) is 0 Å². The van der Waals surface area contributed by atoms with Crippen molar-refractivity contribution >= 4 is 11.9 Å². The Balaban J connectivity index is 3.60. The molecule has 4 heteroatoms. The third kappa shape index (κ3) is 8.42. The summed E-state index contributed by atoms with van der Waals surface area (Å²) >= 11 is 0. The number of carbonyl (C=O) groups is 2. The van der Waals surface area contributed by atoms with Crippen molar-refractivity contribution in [1.29, 1.82) is 0 Å². The lowest BCUT2D eigenvalue weighted by molar-refractivity contribution is -0.136. The zero-order chi connectivity index (χ0) is 8.69. The van der Waals surface area contributed by atoms with E-state index in [4.69, 9.17) is 10.2 Å². The smallest absolute Gasteiger partial charge is 0.328 e. The molecule has 0 aliphatic heterocycles. The molecule has 0 radical (unpaired) electrons. The van der Waals surface area contributed by atoms with Gasteiger partial charge in [0.2, 0.25) is 0 Å². The summed E-state index contributed by atoms with van der Waals surface area (Å²) in [5.41, 5.74) is 0. The van der Waals surface area contributed by atoms with Gasteiger partial charge in [-0.2, -0.15) is 0 Å². The van der Waals surface area contributed by atoms with E-state index < -0.39 is 11.9 Å². The van der Waals surface area contributed by atoms with Crippen molar-refractivity contribution < 1.29 is 19.8 Å². The summed E-state index contributed by atoms with van der Waals surface area (Å²) < 4.78 is 0. The van der Waals surface area contributed by atoms with Gasteiger partial charge in [0.25, 0.3) is 0 Å². The molecule has 0 aromatic carbocycles. The van der Waals surface area contributed by atoms with Crippen LogP contribution in [-0.4, -0.2) is 22.2 Å². The number of allylic oxidation sites excluding steroid dienone is 2. The largest absolute Gasteiger partial charge is 0.481 e. The van der Waals surface area contributed by atoms with Crippen molar-refractivity contribution in [3.8, 4) is 0 Å². The van der Waals surface area contributed by atoms with Gasteiger partial charge < -0.3 is 10.2 Å². The fourth-order valence-electron chi connectivity index (χ4n) is 0.385. The molecule has 4 nitrogen and oxygen atoms in total. The Labute approximate surface area is 63.5 Å². The Hall–Kier alpha value is -1.58. The Morgan fingerprint density at radius 1 is 1.18 bits per heavy atom. The molecule has 0 bridgehead atoms. The van der Waals surface area contributed by atoms with Crippen LogP contribution in [0.5, 0.6) is 0 Å². The summed E-state index contributed by atoms with van der Waals surface area (Å²) in [6.07, 6.45) is 4.84. The molecule has 0 aliphatic carbocycles. The Bertz CT molecular complexity index is 202. The van der Waals surface area contributed by atoms with Gasteiger partial charge in [-0.05, 0) is 0 Å². The third-order valence-electron chi connectivity index (χ3n) is 0.778. The topological polar surface area (TPSA) is 74.6 Å². The number of carboxylic acids is 2. The number of hydrogen-bond donors (Lipinski definition) is 2. The highest BCUT2D eigenvalue weighted by atomic mass is 16.4. The Morgan fingerprint density at radius 2 is 1.82 bits per heavy atom. The van der Waals surface area contributed by atoms with Crippen LogP contribution in [0.2, 0.25) is 0 Å². The SMILES string of the molecule is O=C(O)C=CC=CCC(=O)O. The molecule has 0 unspecified atom stereocenters.